The van der Waals surface area contributed by atoms with E-state index in [1.54, 1.807) is 0 Å². The third kappa shape index (κ3) is 4.91. The van der Waals surface area contributed by atoms with Crippen molar-refractivity contribution in [1.29, 1.82) is 0 Å². The van der Waals surface area contributed by atoms with Crippen LogP contribution in [0.2, 0.25) is 0 Å². The average Bonchev–Trinajstić information content (AvgIpc) is 2.73. The highest BCUT2D eigenvalue weighted by Gasteiger charge is 2.51. The van der Waals surface area contributed by atoms with E-state index in [1.165, 1.54) is 11.1 Å². The minimum absolute atomic E-state index is 0.188. The molecule has 2 aliphatic heterocycles. The summed E-state index contributed by atoms with van der Waals surface area (Å²) >= 11 is 0. The molecule has 3 fully saturated rings. The molecule has 2 amide bonds. The number of ether oxygens (including phenoxy) is 1. The topological polar surface area (TPSA) is 53.1 Å². The Labute approximate surface area is 199 Å². The van der Waals surface area contributed by atoms with E-state index in [-0.39, 0.29) is 18.0 Å². The number of likely N-dealkylation sites (tertiary alicyclic amines) is 1. The number of carbonyl (C=O) groups excluding carboxylic acids is 2. The van der Waals surface area contributed by atoms with Gasteiger partial charge in [0.25, 0.3) is 0 Å². The molecule has 0 bridgehead atoms. The molecule has 0 radical (unpaired) electrons. The number of piperidine rings is 1. The molecule has 0 N–H and O–H groups in total. The largest absolute Gasteiger partial charge is 0.444 e. The molecule has 1 spiro atoms. The monoisotopic (exact) mass is 455 g/mol. The van der Waals surface area contributed by atoms with Crippen LogP contribution in [-0.2, 0) is 9.53 Å². The van der Waals surface area contributed by atoms with Crippen molar-refractivity contribution in [3.63, 3.8) is 0 Å². The number of carbonyl (C=O) groups is 2. The first-order valence-electron chi connectivity index (χ1n) is 12.6. The maximum absolute atomic E-state index is 13.4. The second-order valence-electron chi connectivity index (χ2n) is 11.7. The van der Waals surface area contributed by atoms with Crippen LogP contribution in [0.4, 0.5) is 4.79 Å². The molecule has 1 aliphatic carbocycles. The van der Waals surface area contributed by atoms with Gasteiger partial charge in [0.05, 0.1) is 0 Å². The zero-order chi connectivity index (χ0) is 24.0. The molecule has 6 heteroatoms. The lowest BCUT2D eigenvalue weighted by Crippen LogP contribution is -2.61. The molecule has 1 unspecified atom stereocenters. The number of hydrogen-bond acceptors (Lipinski definition) is 4. The van der Waals surface area contributed by atoms with Gasteiger partial charge in [0.2, 0.25) is 5.91 Å². The lowest BCUT2D eigenvalue weighted by molar-refractivity contribution is -0.148. The molecule has 1 aromatic carbocycles. The van der Waals surface area contributed by atoms with Crippen molar-refractivity contribution in [3.8, 4) is 0 Å². The summed E-state index contributed by atoms with van der Waals surface area (Å²) in [4.78, 5) is 32.1. The van der Waals surface area contributed by atoms with Gasteiger partial charge >= 0.3 is 6.09 Å². The summed E-state index contributed by atoms with van der Waals surface area (Å²) in [6.07, 6.45) is 4.09. The average molecular weight is 456 g/mol. The van der Waals surface area contributed by atoms with Crippen LogP contribution in [0.3, 0.4) is 0 Å². The van der Waals surface area contributed by atoms with Crippen LogP contribution in [-0.4, -0.2) is 71.6 Å². The molecule has 1 atom stereocenters. The Bertz CT molecular complexity index is 875. The standard InChI is InChI=1S/C27H41N3O3/c1-19(2)21-9-7-8-10-22(21)23-24(31)28(6)15-16-30(23)20-17-27(18-20)11-13-29(14-12-27)25(32)33-26(3,4)5/h7-10,19-20,23H,11-18H2,1-6H3. The molecule has 6 nitrogen and oxygen atoms in total. The zero-order valence-corrected chi connectivity index (χ0v) is 21.3. The first kappa shape index (κ1) is 24.1. The molecule has 182 valence electrons. The predicted octanol–water partition coefficient (Wildman–Crippen LogP) is 4.80. The van der Waals surface area contributed by atoms with E-state index in [0.29, 0.717) is 17.4 Å². The van der Waals surface area contributed by atoms with Crippen LogP contribution in [0.15, 0.2) is 24.3 Å². The van der Waals surface area contributed by atoms with E-state index < -0.39 is 5.60 Å². The van der Waals surface area contributed by atoms with Gasteiger partial charge in [-0.3, -0.25) is 9.69 Å². The minimum atomic E-state index is -0.455. The van der Waals surface area contributed by atoms with Gasteiger partial charge in [-0.25, -0.2) is 4.79 Å². The molecular formula is C27H41N3O3. The summed E-state index contributed by atoms with van der Waals surface area (Å²) in [5.41, 5.74) is 2.29. The van der Waals surface area contributed by atoms with Gasteiger partial charge in [-0.15, -0.1) is 0 Å². The fraction of sp³-hybridized carbons (Fsp3) is 0.704. The zero-order valence-electron chi connectivity index (χ0n) is 21.3. The van der Waals surface area contributed by atoms with E-state index in [1.807, 2.05) is 37.6 Å². The normalized spacial score (nSPS) is 24.3. The van der Waals surface area contributed by atoms with Crippen molar-refractivity contribution in [2.75, 3.05) is 33.2 Å². The number of piperazine rings is 1. The Morgan fingerprint density at radius 1 is 1.06 bits per heavy atom. The Balaban J connectivity index is 1.44. The van der Waals surface area contributed by atoms with E-state index in [9.17, 15) is 9.59 Å². The Morgan fingerprint density at radius 2 is 1.70 bits per heavy atom. The van der Waals surface area contributed by atoms with Crippen LogP contribution in [0.5, 0.6) is 0 Å². The highest BCUT2D eigenvalue weighted by atomic mass is 16.6. The lowest BCUT2D eigenvalue weighted by Gasteiger charge is -2.57. The molecule has 2 heterocycles. The van der Waals surface area contributed by atoms with Gasteiger partial charge in [-0.1, -0.05) is 38.1 Å². The van der Waals surface area contributed by atoms with Crippen LogP contribution >= 0.6 is 0 Å². The molecule has 3 aliphatic rings. The van der Waals surface area contributed by atoms with Gasteiger partial charge in [-0.2, -0.15) is 0 Å². The second kappa shape index (κ2) is 8.94. The molecule has 1 saturated carbocycles. The molecule has 2 saturated heterocycles. The maximum Gasteiger partial charge on any atom is 0.410 e. The van der Waals surface area contributed by atoms with Gasteiger partial charge < -0.3 is 14.5 Å². The summed E-state index contributed by atoms with van der Waals surface area (Å²) in [6, 6.07) is 8.71. The van der Waals surface area contributed by atoms with Gasteiger partial charge in [0.15, 0.2) is 0 Å². The SMILES string of the molecule is CC(C)c1ccccc1C1C(=O)N(C)CCN1C1CC2(CCN(C(=O)OC(C)(C)C)CC2)C1. The highest BCUT2D eigenvalue weighted by molar-refractivity contribution is 5.84. The number of hydrogen-bond donors (Lipinski definition) is 0. The summed E-state index contributed by atoms with van der Waals surface area (Å²) < 4.78 is 5.57. The van der Waals surface area contributed by atoms with Crippen molar-refractivity contribution < 1.29 is 14.3 Å². The van der Waals surface area contributed by atoms with Gasteiger partial charge in [-0.05, 0) is 68.9 Å². The molecule has 1 aromatic rings. The first-order valence-corrected chi connectivity index (χ1v) is 12.6. The van der Waals surface area contributed by atoms with Crippen molar-refractivity contribution in [3.05, 3.63) is 35.4 Å². The molecule has 33 heavy (non-hydrogen) atoms. The summed E-state index contributed by atoms with van der Waals surface area (Å²) in [5.74, 6) is 0.600. The number of benzene rings is 1. The molecule has 4 rings (SSSR count). The van der Waals surface area contributed by atoms with Crippen molar-refractivity contribution in [2.45, 2.75) is 83.9 Å². The Kier molecular flexibility index (Phi) is 6.51. The number of rotatable bonds is 3. The summed E-state index contributed by atoms with van der Waals surface area (Å²) in [7, 11) is 1.93. The molecule has 0 aromatic heterocycles. The summed E-state index contributed by atoms with van der Waals surface area (Å²) in [6.45, 7) is 13.4. The van der Waals surface area contributed by atoms with Gasteiger partial charge in [0.1, 0.15) is 11.6 Å². The van der Waals surface area contributed by atoms with Crippen LogP contribution in [0, 0.1) is 5.41 Å². The second-order valence-corrected chi connectivity index (χ2v) is 11.7. The van der Waals surface area contributed by atoms with E-state index in [2.05, 4.69) is 43.0 Å². The van der Waals surface area contributed by atoms with Crippen molar-refractivity contribution >= 4 is 12.0 Å². The van der Waals surface area contributed by atoms with Crippen LogP contribution in [0.1, 0.15) is 83.4 Å². The Morgan fingerprint density at radius 3 is 2.30 bits per heavy atom. The fourth-order valence-electron chi connectivity index (χ4n) is 5.92. The van der Waals surface area contributed by atoms with Crippen molar-refractivity contribution in [1.82, 2.24) is 14.7 Å². The number of amides is 2. The third-order valence-corrected chi connectivity index (χ3v) is 7.83. The quantitative estimate of drug-likeness (QED) is 0.657. The van der Waals surface area contributed by atoms with Crippen molar-refractivity contribution in [2.24, 2.45) is 5.41 Å². The number of nitrogens with zero attached hydrogens (tertiary/aromatic N) is 3. The van der Waals surface area contributed by atoms with E-state index in [0.717, 1.165) is 51.9 Å². The summed E-state index contributed by atoms with van der Waals surface area (Å²) in [5, 5.41) is 0. The smallest absolute Gasteiger partial charge is 0.410 e. The van der Waals surface area contributed by atoms with E-state index >= 15 is 0 Å². The van der Waals surface area contributed by atoms with Crippen LogP contribution < -0.4 is 0 Å². The van der Waals surface area contributed by atoms with Gasteiger partial charge in [0, 0.05) is 39.3 Å². The Hall–Kier alpha value is -2.08. The molecular weight excluding hydrogens is 414 g/mol. The first-order chi connectivity index (χ1) is 15.5. The fourth-order valence-corrected chi connectivity index (χ4v) is 5.92. The number of likely N-dealkylation sites (N-methyl/N-ethyl adjacent to an activating group) is 1. The minimum Gasteiger partial charge on any atom is -0.444 e. The maximum atomic E-state index is 13.4. The predicted molar refractivity (Wildman–Crippen MR) is 130 cm³/mol. The highest BCUT2D eigenvalue weighted by Crippen LogP contribution is 2.53. The third-order valence-electron chi connectivity index (χ3n) is 7.83. The lowest BCUT2D eigenvalue weighted by atomic mass is 9.59. The van der Waals surface area contributed by atoms with E-state index in [4.69, 9.17) is 4.74 Å². The van der Waals surface area contributed by atoms with Crippen LogP contribution in [0.25, 0.3) is 0 Å².